The number of hydrogen-bond acceptors (Lipinski definition) is 3. The zero-order chi connectivity index (χ0) is 20.3. The van der Waals surface area contributed by atoms with Gasteiger partial charge in [-0.15, -0.1) is 0 Å². The Bertz CT molecular complexity index is 846. The quantitative estimate of drug-likeness (QED) is 0.336. The molecule has 1 amide bonds. The molecule has 0 radical (unpaired) electrons. The summed E-state index contributed by atoms with van der Waals surface area (Å²) in [5.41, 5.74) is 1.87. The lowest BCUT2D eigenvalue weighted by atomic mass is 10.0. The highest BCUT2D eigenvalue weighted by Gasteiger charge is 2.23. The monoisotopic (exact) mass is 459 g/mol. The van der Waals surface area contributed by atoms with E-state index in [1.54, 1.807) is 0 Å². The van der Waals surface area contributed by atoms with Crippen LogP contribution in [-0.4, -0.2) is 22.3 Å². The molecule has 0 aliphatic rings. The average molecular weight is 461 g/mol. The Labute approximate surface area is 174 Å². The highest BCUT2D eigenvalue weighted by atomic mass is 35.5. The summed E-state index contributed by atoms with van der Waals surface area (Å²) >= 11 is 24.2. The number of carbonyl (C=O) groups excluding carboxylic acids is 1. The molecule has 1 aromatic carbocycles. The summed E-state index contributed by atoms with van der Waals surface area (Å²) in [5, 5.41) is 4.63. The molecule has 27 heavy (non-hydrogen) atoms. The van der Waals surface area contributed by atoms with Crippen LogP contribution >= 0.6 is 46.4 Å². The number of nitrogens with zero attached hydrogens (tertiary/aromatic N) is 2. The SMILES string of the molecule is CC(CONC(=O)c1cn(C)nc1C(F)F)Cc1c(Cl)cc(Cl)c(Cl)c1Cl. The Morgan fingerprint density at radius 2 is 1.93 bits per heavy atom. The third-order valence-corrected chi connectivity index (χ3v) is 5.24. The smallest absolute Gasteiger partial charge is 0.275 e. The van der Waals surface area contributed by atoms with E-state index in [9.17, 15) is 13.6 Å². The van der Waals surface area contributed by atoms with Gasteiger partial charge in [0.25, 0.3) is 12.3 Å². The van der Waals surface area contributed by atoms with E-state index in [0.717, 1.165) is 4.68 Å². The fourth-order valence-corrected chi connectivity index (χ4v) is 3.43. The first kappa shape index (κ1) is 22.2. The van der Waals surface area contributed by atoms with Gasteiger partial charge in [0.1, 0.15) is 5.69 Å². The second-order valence-electron chi connectivity index (χ2n) is 5.90. The fourth-order valence-electron chi connectivity index (χ4n) is 2.34. The minimum absolute atomic E-state index is 0.0862. The van der Waals surface area contributed by atoms with Crippen LogP contribution in [0, 0.1) is 5.92 Å². The molecule has 5 nitrogen and oxygen atoms in total. The fraction of sp³-hybridized carbons (Fsp3) is 0.375. The summed E-state index contributed by atoms with van der Waals surface area (Å²) < 4.78 is 26.9. The van der Waals surface area contributed by atoms with Gasteiger partial charge in [0.2, 0.25) is 0 Å². The number of hydroxylamine groups is 1. The molecule has 2 aromatic rings. The molecule has 1 heterocycles. The van der Waals surface area contributed by atoms with Crippen molar-refractivity contribution >= 4 is 52.3 Å². The minimum Gasteiger partial charge on any atom is -0.275 e. The van der Waals surface area contributed by atoms with Crippen molar-refractivity contribution in [2.24, 2.45) is 13.0 Å². The van der Waals surface area contributed by atoms with Gasteiger partial charge in [-0.25, -0.2) is 14.3 Å². The predicted molar refractivity (Wildman–Crippen MR) is 101 cm³/mol. The van der Waals surface area contributed by atoms with E-state index < -0.39 is 18.0 Å². The molecule has 2 rings (SSSR count). The Kier molecular flexibility index (Phi) is 7.71. The summed E-state index contributed by atoms with van der Waals surface area (Å²) in [6.45, 7) is 1.92. The Morgan fingerprint density at radius 1 is 1.26 bits per heavy atom. The van der Waals surface area contributed by atoms with Crippen LogP contribution in [0.1, 0.15) is 35.0 Å². The van der Waals surface area contributed by atoms with Crippen molar-refractivity contribution in [1.29, 1.82) is 0 Å². The van der Waals surface area contributed by atoms with Crippen LogP contribution in [-0.2, 0) is 18.3 Å². The number of aryl methyl sites for hydroxylation is 1. The van der Waals surface area contributed by atoms with Crippen molar-refractivity contribution in [2.75, 3.05) is 6.61 Å². The van der Waals surface area contributed by atoms with E-state index in [0.29, 0.717) is 17.0 Å². The second kappa shape index (κ2) is 9.39. The lowest BCUT2D eigenvalue weighted by molar-refractivity contribution is 0.0182. The Hall–Kier alpha value is -1.12. The first-order chi connectivity index (χ1) is 12.6. The maximum Gasteiger partial charge on any atom is 0.282 e. The van der Waals surface area contributed by atoms with Crippen molar-refractivity contribution in [1.82, 2.24) is 15.3 Å². The zero-order valence-corrected chi connectivity index (χ0v) is 17.2. The first-order valence-corrected chi connectivity index (χ1v) is 9.18. The molecular formula is C16H15Cl4F2N3O2. The molecule has 0 saturated heterocycles. The van der Waals surface area contributed by atoms with E-state index in [2.05, 4.69) is 10.6 Å². The number of aromatic nitrogens is 2. The molecule has 0 spiro atoms. The number of alkyl halides is 2. The third-order valence-electron chi connectivity index (χ3n) is 3.60. The van der Waals surface area contributed by atoms with Crippen molar-refractivity contribution in [3.8, 4) is 0 Å². The lowest BCUT2D eigenvalue weighted by Gasteiger charge is -2.15. The van der Waals surface area contributed by atoms with Crippen molar-refractivity contribution < 1.29 is 18.4 Å². The van der Waals surface area contributed by atoms with E-state index in [-0.39, 0.29) is 33.2 Å². The van der Waals surface area contributed by atoms with Gasteiger partial charge in [0.05, 0.1) is 27.2 Å². The molecule has 1 N–H and O–H groups in total. The Morgan fingerprint density at radius 3 is 2.56 bits per heavy atom. The van der Waals surface area contributed by atoms with Crippen molar-refractivity contribution in [3.63, 3.8) is 0 Å². The molecule has 0 bridgehead atoms. The minimum atomic E-state index is -2.87. The van der Waals surface area contributed by atoms with Gasteiger partial charge in [-0.05, 0) is 24.0 Å². The normalized spacial score (nSPS) is 12.5. The van der Waals surface area contributed by atoms with Crippen LogP contribution < -0.4 is 5.48 Å². The van der Waals surface area contributed by atoms with E-state index in [1.165, 1.54) is 19.3 Å². The summed E-state index contributed by atoms with van der Waals surface area (Å²) in [4.78, 5) is 17.2. The van der Waals surface area contributed by atoms with Gasteiger partial charge in [-0.1, -0.05) is 53.3 Å². The summed E-state index contributed by atoms with van der Waals surface area (Å²) in [5.74, 6) is -0.933. The maximum atomic E-state index is 12.9. The van der Waals surface area contributed by atoms with Crippen LogP contribution in [0.25, 0.3) is 0 Å². The topological polar surface area (TPSA) is 56.1 Å². The van der Waals surface area contributed by atoms with Gasteiger partial charge in [0.15, 0.2) is 0 Å². The molecule has 148 valence electrons. The van der Waals surface area contributed by atoms with Crippen LogP contribution in [0.15, 0.2) is 12.3 Å². The number of hydrogen-bond donors (Lipinski definition) is 1. The lowest BCUT2D eigenvalue weighted by Crippen LogP contribution is -2.27. The number of benzene rings is 1. The van der Waals surface area contributed by atoms with Gasteiger partial charge < -0.3 is 0 Å². The van der Waals surface area contributed by atoms with Crippen LogP contribution in [0.2, 0.25) is 20.1 Å². The van der Waals surface area contributed by atoms with E-state index >= 15 is 0 Å². The number of rotatable bonds is 7. The van der Waals surface area contributed by atoms with Crippen molar-refractivity contribution in [2.45, 2.75) is 19.8 Å². The predicted octanol–water partition coefficient (Wildman–Crippen LogP) is 5.51. The van der Waals surface area contributed by atoms with Gasteiger partial charge >= 0.3 is 0 Å². The zero-order valence-electron chi connectivity index (χ0n) is 14.2. The van der Waals surface area contributed by atoms with Gasteiger partial charge in [-0.3, -0.25) is 14.3 Å². The van der Waals surface area contributed by atoms with Crippen molar-refractivity contribution in [3.05, 3.63) is 49.2 Å². The maximum absolute atomic E-state index is 12.9. The molecule has 0 aliphatic heterocycles. The highest BCUT2D eigenvalue weighted by molar-refractivity contribution is 6.49. The molecule has 1 atom stereocenters. The Balaban J connectivity index is 1.95. The molecule has 11 heteroatoms. The average Bonchev–Trinajstić information content (AvgIpc) is 2.99. The molecular weight excluding hydrogens is 446 g/mol. The highest BCUT2D eigenvalue weighted by Crippen LogP contribution is 2.38. The molecule has 0 aliphatic carbocycles. The summed E-state index contributed by atoms with van der Waals surface area (Å²) in [6.07, 6.45) is -1.27. The van der Waals surface area contributed by atoms with Crippen LogP contribution in [0.4, 0.5) is 8.78 Å². The molecule has 1 aromatic heterocycles. The van der Waals surface area contributed by atoms with E-state index in [4.69, 9.17) is 51.2 Å². The van der Waals surface area contributed by atoms with Crippen LogP contribution in [0.3, 0.4) is 0 Å². The largest absolute Gasteiger partial charge is 0.282 e. The number of carbonyl (C=O) groups is 1. The molecule has 0 fully saturated rings. The number of nitrogens with one attached hydrogen (secondary N) is 1. The summed E-state index contributed by atoms with van der Waals surface area (Å²) in [7, 11) is 1.44. The number of amides is 1. The van der Waals surface area contributed by atoms with Crippen LogP contribution in [0.5, 0.6) is 0 Å². The van der Waals surface area contributed by atoms with Gasteiger partial charge in [0, 0.05) is 18.3 Å². The van der Waals surface area contributed by atoms with Gasteiger partial charge in [-0.2, -0.15) is 5.10 Å². The first-order valence-electron chi connectivity index (χ1n) is 7.67. The molecule has 1 unspecified atom stereocenters. The standard InChI is InChI=1S/C16H15Cl4F2N3O2/c1-7(3-8-10(17)4-11(18)13(20)12(8)19)6-27-24-16(26)9-5-25(2)23-14(9)15(21)22/h4-5,7,15H,3,6H2,1-2H3,(H,24,26). The third kappa shape index (κ3) is 5.45. The summed E-state index contributed by atoms with van der Waals surface area (Å²) in [6, 6.07) is 1.50. The number of halogens is 6. The van der Waals surface area contributed by atoms with E-state index in [1.807, 2.05) is 6.92 Å². The second-order valence-corrected chi connectivity index (χ2v) is 7.47. The molecule has 0 saturated carbocycles.